The fourth-order valence-corrected chi connectivity index (χ4v) is 4.61. The maximum atomic E-state index is 12.8. The molecule has 126 valence electrons. The monoisotopic (exact) mass is 319 g/mol. The van der Waals surface area contributed by atoms with Crippen LogP contribution in [0.4, 0.5) is 0 Å². The van der Waals surface area contributed by atoms with E-state index in [1.165, 1.54) is 12.1 Å². The third-order valence-electron chi connectivity index (χ3n) is 5.77. The fourth-order valence-electron chi connectivity index (χ4n) is 4.61. The van der Waals surface area contributed by atoms with Crippen molar-refractivity contribution in [1.29, 1.82) is 0 Å². The second kappa shape index (κ2) is 5.91. The smallest absolute Gasteiger partial charge is 0.272 e. The summed E-state index contributed by atoms with van der Waals surface area (Å²) in [6, 6.07) is 0.149. The number of hydrogen-bond acceptors (Lipinski definition) is 4. The van der Waals surface area contributed by atoms with E-state index in [-0.39, 0.29) is 24.0 Å². The summed E-state index contributed by atoms with van der Waals surface area (Å²) in [6.45, 7) is 1.42. The largest absolute Gasteiger partial charge is 0.384 e. The second-order valence-corrected chi connectivity index (χ2v) is 7.01. The average molecular weight is 319 g/mol. The number of nitrogens with one attached hydrogen (secondary N) is 1. The van der Waals surface area contributed by atoms with Crippen LogP contribution >= 0.6 is 0 Å². The molecule has 2 fully saturated rings. The third-order valence-corrected chi connectivity index (χ3v) is 5.77. The molecule has 0 aromatic carbocycles. The molecule has 1 amide bonds. The minimum absolute atomic E-state index is 0.0276. The van der Waals surface area contributed by atoms with Crippen molar-refractivity contribution in [2.45, 2.75) is 44.2 Å². The highest BCUT2D eigenvalue weighted by Gasteiger charge is 2.54. The average Bonchev–Trinajstić information content (AvgIpc) is 3.13. The number of aryl methyl sites for hydroxylation is 1. The van der Waals surface area contributed by atoms with E-state index in [1.807, 2.05) is 11.7 Å². The highest BCUT2D eigenvalue weighted by atomic mass is 16.5. The lowest BCUT2D eigenvalue weighted by molar-refractivity contribution is -0.0810. The van der Waals surface area contributed by atoms with Gasteiger partial charge in [-0.05, 0) is 32.1 Å². The highest BCUT2D eigenvalue weighted by Crippen LogP contribution is 2.43. The Morgan fingerprint density at radius 1 is 1.43 bits per heavy atom. The van der Waals surface area contributed by atoms with E-state index in [2.05, 4.69) is 10.4 Å². The van der Waals surface area contributed by atoms with Gasteiger partial charge in [-0.1, -0.05) is 0 Å². The minimum atomic E-state index is -0.0276. The van der Waals surface area contributed by atoms with Gasteiger partial charge in [-0.15, -0.1) is 0 Å². The summed E-state index contributed by atoms with van der Waals surface area (Å²) in [5, 5.41) is 7.73. The molecule has 0 bridgehead atoms. The quantitative estimate of drug-likeness (QED) is 0.902. The van der Waals surface area contributed by atoms with Gasteiger partial charge in [0.2, 0.25) is 0 Å². The van der Waals surface area contributed by atoms with Crippen molar-refractivity contribution in [3.63, 3.8) is 0 Å². The number of ether oxygens (including phenoxy) is 2. The molecule has 0 spiro atoms. The van der Waals surface area contributed by atoms with Crippen LogP contribution in [-0.2, 0) is 29.4 Å². The van der Waals surface area contributed by atoms with Gasteiger partial charge in [0.15, 0.2) is 5.69 Å². The van der Waals surface area contributed by atoms with E-state index in [0.29, 0.717) is 18.2 Å². The van der Waals surface area contributed by atoms with Gasteiger partial charge in [0.25, 0.3) is 5.91 Å². The highest BCUT2D eigenvalue weighted by molar-refractivity contribution is 5.94. The van der Waals surface area contributed by atoms with Crippen molar-refractivity contribution in [2.24, 2.45) is 18.9 Å². The standard InChI is InChI=1S/C17H25N3O3/c1-20-13-6-4-3-5-10(13)15(19-20)17(21)18-14-11-7-8-23-16(11)12(14)9-22-2/h11-12,14,16H,3-9H2,1-2H3,(H,18,21)/t11-,12+,14-,16-/m0/s1. The third kappa shape index (κ3) is 2.39. The summed E-state index contributed by atoms with van der Waals surface area (Å²) in [4.78, 5) is 12.8. The van der Waals surface area contributed by atoms with Crippen LogP contribution in [0.25, 0.3) is 0 Å². The van der Waals surface area contributed by atoms with Crippen LogP contribution in [0.2, 0.25) is 0 Å². The molecule has 1 saturated carbocycles. The molecule has 0 unspecified atom stereocenters. The number of aromatic nitrogens is 2. The lowest BCUT2D eigenvalue weighted by Crippen LogP contribution is -2.62. The number of nitrogens with zero attached hydrogens (tertiary/aromatic N) is 2. The molecule has 1 aromatic heterocycles. The summed E-state index contributed by atoms with van der Waals surface area (Å²) >= 11 is 0. The first-order valence-corrected chi connectivity index (χ1v) is 8.67. The topological polar surface area (TPSA) is 65.4 Å². The SMILES string of the molecule is COC[C@@H]1[C@@H](NC(=O)c2nn(C)c3c2CCCC3)[C@@H]2CCO[C@H]12. The van der Waals surface area contributed by atoms with Crippen molar-refractivity contribution in [3.8, 4) is 0 Å². The summed E-state index contributed by atoms with van der Waals surface area (Å²) < 4.78 is 13.0. The molecule has 6 heteroatoms. The molecule has 2 aliphatic carbocycles. The van der Waals surface area contributed by atoms with Crippen LogP contribution in [0.1, 0.15) is 41.0 Å². The van der Waals surface area contributed by atoms with Crippen molar-refractivity contribution in [1.82, 2.24) is 15.1 Å². The van der Waals surface area contributed by atoms with Gasteiger partial charge in [-0.3, -0.25) is 9.48 Å². The number of carbonyl (C=O) groups is 1. The Labute approximate surface area is 136 Å². The van der Waals surface area contributed by atoms with Crippen LogP contribution in [0.15, 0.2) is 0 Å². The van der Waals surface area contributed by atoms with Gasteiger partial charge in [0.05, 0.1) is 12.7 Å². The van der Waals surface area contributed by atoms with E-state index in [4.69, 9.17) is 9.47 Å². The Bertz CT molecular complexity index is 612. The molecular formula is C17H25N3O3. The van der Waals surface area contributed by atoms with Crippen LogP contribution < -0.4 is 5.32 Å². The molecule has 23 heavy (non-hydrogen) atoms. The normalized spacial score (nSPS) is 32.1. The molecule has 3 aliphatic rings. The number of carbonyl (C=O) groups excluding carboxylic acids is 1. The lowest BCUT2D eigenvalue weighted by Gasteiger charge is -2.47. The summed E-state index contributed by atoms with van der Waals surface area (Å²) in [5.41, 5.74) is 3.00. The van der Waals surface area contributed by atoms with E-state index in [1.54, 1.807) is 7.11 Å². The van der Waals surface area contributed by atoms with Crippen LogP contribution in [0, 0.1) is 11.8 Å². The van der Waals surface area contributed by atoms with Crippen molar-refractivity contribution in [3.05, 3.63) is 17.0 Å². The van der Waals surface area contributed by atoms with E-state index in [0.717, 1.165) is 37.9 Å². The van der Waals surface area contributed by atoms with Gasteiger partial charge in [-0.2, -0.15) is 5.10 Å². The van der Waals surface area contributed by atoms with Gasteiger partial charge < -0.3 is 14.8 Å². The Kier molecular flexibility index (Phi) is 3.89. The summed E-state index contributed by atoms with van der Waals surface area (Å²) in [7, 11) is 3.65. The van der Waals surface area contributed by atoms with Gasteiger partial charge >= 0.3 is 0 Å². The summed E-state index contributed by atoms with van der Waals surface area (Å²) in [6.07, 6.45) is 5.60. The van der Waals surface area contributed by atoms with E-state index >= 15 is 0 Å². The first-order valence-electron chi connectivity index (χ1n) is 8.67. The Hall–Kier alpha value is -1.40. The molecule has 0 radical (unpaired) electrons. The molecule has 1 aliphatic heterocycles. The van der Waals surface area contributed by atoms with E-state index < -0.39 is 0 Å². The number of rotatable bonds is 4. The van der Waals surface area contributed by atoms with Crippen LogP contribution in [-0.4, -0.2) is 48.2 Å². The predicted octanol–water partition coefficient (Wildman–Crippen LogP) is 1.08. The lowest BCUT2D eigenvalue weighted by atomic mass is 9.67. The Morgan fingerprint density at radius 3 is 3.09 bits per heavy atom. The Balaban J connectivity index is 1.52. The van der Waals surface area contributed by atoms with Gasteiger partial charge in [0, 0.05) is 49.9 Å². The fraction of sp³-hybridized carbons (Fsp3) is 0.765. The first kappa shape index (κ1) is 15.1. The first-order chi connectivity index (χ1) is 11.2. The number of fused-ring (bicyclic) bond motifs is 2. The molecule has 4 atom stereocenters. The molecule has 1 aromatic rings. The van der Waals surface area contributed by atoms with Crippen molar-refractivity contribution in [2.75, 3.05) is 20.3 Å². The van der Waals surface area contributed by atoms with Crippen molar-refractivity contribution >= 4 is 5.91 Å². The van der Waals surface area contributed by atoms with Gasteiger partial charge in [-0.25, -0.2) is 0 Å². The van der Waals surface area contributed by atoms with Gasteiger partial charge in [0.1, 0.15) is 0 Å². The van der Waals surface area contributed by atoms with E-state index in [9.17, 15) is 4.79 Å². The van der Waals surface area contributed by atoms with Crippen molar-refractivity contribution < 1.29 is 14.3 Å². The molecule has 4 rings (SSSR count). The minimum Gasteiger partial charge on any atom is -0.384 e. The van der Waals surface area contributed by atoms with Crippen LogP contribution in [0.3, 0.4) is 0 Å². The molecule has 1 saturated heterocycles. The zero-order valence-electron chi connectivity index (χ0n) is 13.9. The molecule has 1 N–H and O–H groups in total. The second-order valence-electron chi connectivity index (χ2n) is 7.01. The maximum absolute atomic E-state index is 12.8. The number of methoxy groups -OCH3 is 1. The Morgan fingerprint density at radius 2 is 2.26 bits per heavy atom. The number of hydrogen-bond donors (Lipinski definition) is 1. The maximum Gasteiger partial charge on any atom is 0.272 e. The zero-order chi connectivity index (χ0) is 16.0. The zero-order valence-corrected chi connectivity index (χ0v) is 13.9. The molecule has 2 heterocycles. The molecular weight excluding hydrogens is 294 g/mol. The summed E-state index contributed by atoms with van der Waals surface area (Å²) in [5.74, 6) is 0.662. The molecule has 6 nitrogen and oxygen atoms in total. The number of amides is 1. The predicted molar refractivity (Wildman–Crippen MR) is 84.3 cm³/mol. The van der Waals surface area contributed by atoms with Crippen LogP contribution in [0.5, 0.6) is 0 Å².